The van der Waals surface area contributed by atoms with Crippen molar-refractivity contribution in [3.8, 4) is 0 Å². The molecular formula is C14H9F3O3S. The zero-order valence-corrected chi connectivity index (χ0v) is 11.3. The maximum atomic E-state index is 12.6. The van der Waals surface area contributed by atoms with Crippen molar-refractivity contribution in [3.63, 3.8) is 0 Å². The second kappa shape index (κ2) is 5.69. The van der Waals surface area contributed by atoms with Crippen LogP contribution in [0.25, 0.3) is 0 Å². The van der Waals surface area contributed by atoms with Crippen LogP contribution >= 0.6 is 11.3 Å². The number of alkyl halides is 3. The molecule has 0 bridgehead atoms. The predicted octanol–water partition coefficient (Wildman–Crippen LogP) is 3.63. The molecule has 0 saturated carbocycles. The summed E-state index contributed by atoms with van der Waals surface area (Å²) >= 11 is 0.966. The van der Waals surface area contributed by atoms with Gasteiger partial charge in [0.25, 0.3) is 0 Å². The third kappa shape index (κ3) is 3.69. The number of rotatable bonds is 4. The first kappa shape index (κ1) is 15.2. The van der Waals surface area contributed by atoms with E-state index in [1.54, 1.807) is 0 Å². The number of aliphatic carboxylic acids is 1. The van der Waals surface area contributed by atoms with Gasteiger partial charge in [0, 0.05) is 10.4 Å². The number of carboxylic acid groups (broad SMARTS) is 1. The van der Waals surface area contributed by atoms with Crippen LogP contribution in [0.15, 0.2) is 36.4 Å². The van der Waals surface area contributed by atoms with E-state index in [9.17, 15) is 22.8 Å². The molecule has 2 rings (SSSR count). The van der Waals surface area contributed by atoms with Crippen molar-refractivity contribution in [2.45, 2.75) is 12.6 Å². The molecule has 0 aliphatic heterocycles. The topological polar surface area (TPSA) is 54.4 Å². The Hall–Kier alpha value is -2.15. The van der Waals surface area contributed by atoms with Crippen molar-refractivity contribution in [2.75, 3.05) is 0 Å². The zero-order chi connectivity index (χ0) is 15.6. The van der Waals surface area contributed by atoms with Gasteiger partial charge in [-0.05, 0) is 24.3 Å². The van der Waals surface area contributed by atoms with E-state index < -0.39 is 23.5 Å². The number of thiophene rings is 1. The van der Waals surface area contributed by atoms with E-state index in [0.29, 0.717) is 4.88 Å². The Morgan fingerprint density at radius 3 is 2.48 bits per heavy atom. The fourth-order valence-electron chi connectivity index (χ4n) is 1.72. The van der Waals surface area contributed by atoms with Gasteiger partial charge in [-0.25, -0.2) is 0 Å². The molecular weight excluding hydrogens is 305 g/mol. The van der Waals surface area contributed by atoms with Crippen LogP contribution in [0.4, 0.5) is 13.2 Å². The second-order valence-corrected chi connectivity index (χ2v) is 5.41. The van der Waals surface area contributed by atoms with Crippen LogP contribution in [0.1, 0.15) is 25.7 Å². The lowest BCUT2D eigenvalue weighted by Crippen LogP contribution is -2.07. The summed E-state index contributed by atoms with van der Waals surface area (Å²) in [6.07, 6.45) is -4.74. The van der Waals surface area contributed by atoms with Crippen molar-refractivity contribution in [1.82, 2.24) is 0 Å². The standard InChI is InChI=1S/C14H9F3O3S/c15-14(16,17)9-3-1-2-8(6-9)13(20)11-5-4-10(21-11)7-12(18)19/h1-6H,7H2,(H,18,19). The van der Waals surface area contributed by atoms with E-state index in [0.717, 1.165) is 23.5 Å². The lowest BCUT2D eigenvalue weighted by atomic mass is 10.1. The minimum atomic E-state index is -4.51. The SMILES string of the molecule is O=C(O)Cc1ccc(C(=O)c2cccc(C(F)(F)F)c2)s1. The Kier molecular flexibility index (Phi) is 4.13. The fraction of sp³-hybridized carbons (Fsp3) is 0.143. The summed E-state index contributed by atoms with van der Waals surface area (Å²) in [6, 6.07) is 7.06. The average molecular weight is 314 g/mol. The number of carbonyl (C=O) groups excluding carboxylic acids is 1. The van der Waals surface area contributed by atoms with Gasteiger partial charge in [0.15, 0.2) is 0 Å². The third-order valence-corrected chi connectivity index (χ3v) is 3.75. The molecule has 0 fully saturated rings. The summed E-state index contributed by atoms with van der Waals surface area (Å²) in [5.74, 6) is -1.59. The molecule has 1 aromatic carbocycles. The molecule has 2 aromatic rings. The maximum Gasteiger partial charge on any atom is 0.416 e. The smallest absolute Gasteiger partial charge is 0.416 e. The number of carboxylic acids is 1. The highest BCUT2D eigenvalue weighted by Gasteiger charge is 2.31. The molecule has 110 valence electrons. The molecule has 0 saturated heterocycles. The van der Waals surface area contributed by atoms with Crippen LogP contribution in [0, 0.1) is 0 Å². The molecule has 0 amide bonds. The van der Waals surface area contributed by atoms with Crippen LogP contribution in [0.3, 0.4) is 0 Å². The molecule has 0 spiro atoms. The Labute approximate surface area is 121 Å². The molecule has 0 unspecified atom stereocenters. The van der Waals surface area contributed by atoms with Gasteiger partial charge in [-0.2, -0.15) is 13.2 Å². The van der Waals surface area contributed by atoms with E-state index in [2.05, 4.69) is 0 Å². The molecule has 1 aromatic heterocycles. The summed E-state index contributed by atoms with van der Waals surface area (Å²) < 4.78 is 37.8. The van der Waals surface area contributed by atoms with Crippen molar-refractivity contribution in [3.05, 3.63) is 57.3 Å². The van der Waals surface area contributed by atoms with E-state index in [-0.39, 0.29) is 16.9 Å². The third-order valence-electron chi connectivity index (χ3n) is 2.66. The molecule has 0 atom stereocenters. The van der Waals surface area contributed by atoms with Gasteiger partial charge >= 0.3 is 12.1 Å². The van der Waals surface area contributed by atoms with E-state index >= 15 is 0 Å². The highest BCUT2D eigenvalue weighted by atomic mass is 32.1. The number of carbonyl (C=O) groups is 2. The predicted molar refractivity (Wildman–Crippen MR) is 70.5 cm³/mol. The van der Waals surface area contributed by atoms with E-state index in [1.807, 2.05) is 0 Å². The highest BCUT2D eigenvalue weighted by Crippen LogP contribution is 2.30. The van der Waals surface area contributed by atoms with Crippen LogP contribution in [-0.4, -0.2) is 16.9 Å². The van der Waals surface area contributed by atoms with Gasteiger partial charge in [-0.1, -0.05) is 12.1 Å². The quantitative estimate of drug-likeness (QED) is 0.877. The minimum Gasteiger partial charge on any atom is -0.481 e. The molecule has 0 aliphatic rings. The molecule has 0 radical (unpaired) electrons. The average Bonchev–Trinajstić information content (AvgIpc) is 2.84. The monoisotopic (exact) mass is 314 g/mol. The largest absolute Gasteiger partial charge is 0.481 e. The van der Waals surface area contributed by atoms with Crippen molar-refractivity contribution < 1.29 is 27.9 Å². The van der Waals surface area contributed by atoms with Crippen molar-refractivity contribution in [1.29, 1.82) is 0 Å². The maximum absolute atomic E-state index is 12.6. The summed E-state index contributed by atoms with van der Waals surface area (Å²) in [7, 11) is 0. The molecule has 0 aliphatic carbocycles. The van der Waals surface area contributed by atoms with Gasteiger partial charge in [0.1, 0.15) is 0 Å². The number of benzene rings is 1. The minimum absolute atomic E-state index is 0.0754. The van der Waals surface area contributed by atoms with Crippen LogP contribution in [-0.2, 0) is 17.4 Å². The summed E-state index contributed by atoms with van der Waals surface area (Å²) in [4.78, 5) is 23.4. The number of ketones is 1. The van der Waals surface area contributed by atoms with Crippen LogP contribution in [0.5, 0.6) is 0 Å². The Bertz CT molecular complexity index is 689. The molecule has 7 heteroatoms. The molecule has 1 N–H and O–H groups in total. The number of hydrogen-bond acceptors (Lipinski definition) is 3. The first-order chi connectivity index (χ1) is 9.77. The van der Waals surface area contributed by atoms with Gasteiger partial charge < -0.3 is 5.11 Å². The summed E-state index contributed by atoms with van der Waals surface area (Å²) in [5.41, 5.74) is -0.968. The summed E-state index contributed by atoms with van der Waals surface area (Å²) in [6.45, 7) is 0. The first-order valence-electron chi connectivity index (χ1n) is 5.80. The van der Waals surface area contributed by atoms with Crippen molar-refractivity contribution in [2.24, 2.45) is 0 Å². The van der Waals surface area contributed by atoms with Crippen LogP contribution in [0.2, 0.25) is 0 Å². The van der Waals surface area contributed by atoms with Gasteiger partial charge in [-0.3, -0.25) is 9.59 Å². The Morgan fingerprint density at radius 1 is 1.14 bits per heavy atom. The Balaban J connectivity index is 2.28. The molecule has 1 heterocycles. The fourth-order valence-corrected chi connectivity index (χ4v) is 2.68. The summed E-state index contributed by atoms with van der Waals surface area (Å²) in [5, 5.41) is 8.65. The highest BCUT2D eigenvalue weighted by molar-refractivity contribution is 7.14. The molecule has 21 heavy (non-hydrogen) atoms. The van der Waals surface area contributed by atoms with E-state index in [4.69, 9.17) is 5.11 Å². The number of hydrogen-bond donors (Lipinski definition) is 1. The lowest BCUT2D eigenvalue weighted by molar-refractivity contribution is -0.138. The zero-order valence-electron chi connectivity index (χ0n) is 10.5. The molecule has 3 nitrogen and oxygen atoms in total. The first-order valence-corrected chi connectivity index (χ1v) is 6.61. The van der Waals surface area contributed by atoms with E-state index in [1.165, 1.54) is 24.3 Å². The van der Waals surface area contributed by atoms with Crippen LogP contribution < -0.4 is 0 Å². The van der Waals surface area contributed by atoms with Gasteiger partial charge in [0.2, 0.25) is 5.78 Å². The van der Waals surface area contributed by atoms with Crippen molar-refractivity contribution >= 4 is 23.1 Å². The lowest BCUT2D eigenvalue weighted by Gasteiger charge is -2.07. The van der Waals surface area contributed by atoms with Gasteiger partial charge in [-0.15, -0.1) is 11.3 Å². The number of halogens is 3. The Morgan fingerprint density at radius 2 is 1.86 bits per heavy atom. The van der Waals surface area contributed by atoms with Gasteiger partial charge in [0.05, 0.1) is 16.9 Å². The second-order valence-electron chi connectivity index (χ2n) is 4.24. The normalized spacial score (nSPS) is 11.4.